The number of aliphatic carboxylic acids is 1. The average Bonchev–Trinajstić information content (AvgIpc) is 2.72. The summed E-state index contributed by atoms with van der Waals surface area (Å²) >= 11 is 0. The fourth-order valence-electron chi connectivity index (χ4n) is 1.87. The van der Waals surface area contributed by atoms with Crippen molar-refractivity contribution in [2.75, 3.05) is 0 Å². The first-order valence-corrected chi connectivity index (χ1v) is 6.46. The normalized spacial score (nSPS) is 17.2. The topological polar surface area (TPSA) is 104 Å². The van der Waals surface area contributed by atoms with Gasteiger partial charge in [0.25, 0.3) is 11.8 Å². The van der Waals surface area contributed by atoms with Crippen molar-refractivity contribution in [3.8, 4) is 0 Å². The summed E-state index contributed by atoms with van der Waals surface area (Å²) in [5.41, 5.74) is 0. The van der Waals surface area contributed by atoms with Crippen molar-refractivity contribution < 1.29 is 24.3 Å². The second-order valence-corrected chi connectivity index (χ2v) is 4.60. The third-order valence-electron chi connectivity index (χ3n) is 3.07. The Hall–Kier alpha value is -2.18. The number of hydrogen-bond donors (Lipinski definition) is 2. The van der Waals surface area contributed by atoms with Crippen molar-refractivity contribution in [3.05, 3.63) is 12.2 Å². The van der Waals surface area contributed by atoms with E-state index in [1.165, 1.54) is 6.92 Å². The highest BCUT2D eigenvalue weighted by molar-refractivity contribution is 6.15. The van der Waals surface area contributed by atoms with Gasteiger partial charge in [0, 0.05) is 12.2 Å². The van der Waals surface area contributed by atoms with Crippen molar-refractivity contribution >= 4 is 23.7 Å². The maximum absolute atomic E-state index is 12.0. The second kappa shape index (κ2) is 6.83. The molecule has 3 amide bonds. The summed E-state index contributed by atoms with van der Waals surface area (Å²) in [4.78, 5) is 46.7. The van der Waals surface area contributed by atoms with Crippen LogP contribution in [0.4, 0.5) is 0 Å². The molecule has 20 heavy (non-hydrogen) atoms. The molecule has 0 saturated carbocycles. The average molecular weight is 282 g/mol. The van der Waals surface area contributed by atoms with Crippen molar-refractivity contribution in [1.82, 2.24) is 10.2 Å². The molecule has 2 unspecified atom stereocenters. The van der Waals surface area contributed by atoms with E-state index in [1.807, 2.05) is 6.92 Å². The molecule has 0 aromatic heterocycles. The van der Waals surface area contributed by atoms with E-state index in [0.29, 0.717) is 12.8 Å². The Morgan fingerprint density at radius 1 is 1.30 bits per heavy atom. The van der Waals surface area contributed by atoms with Crippen LogP contribution in [0.3, 0.4) is 0 Å². The van der Waals surface area contributed by atoms with E-state index in [9.17, 15) is 19.2 Å². The van der Waals surface area contributed by atoms with E-state index in [2.05, 4.69) is 5.32 Å². The fourth-order valence-corrected chi connectivity index (χ4v) is 1.87. The van der Waals surface area contributed by atoms with Gasteiger partial charge in [0.1, 0.15) is 12.1 Å². The molecule has 2 atom stereocenters. The largest absolute Gasteiger partial charge is 0.480 e. The smallest absolute Gasteiger partial charge is 0.326 e. The van der Waals surface area contributed by atoms with Gasteiger partial charge in [0.15, 0.2) is 0 Å². The van der Waals surface area contributed by atoms with Gasteiger partial charge >= 0.3 is 5.97 Å². The van der Waals surface area contributed by atoms with Crippen molar-refractivity contribution in [3.63, 3.8) is 0 Å². The molecule has 0 bridgehead atoms. The lowest BCUT2D eigenvalue weighted by Gasteiger charge is -2.23. The third kappa shape index (κ3) is 3.66. The minimum atomic E-state index is -1.13. The molecule has 0 aliphatic carbocycles. The van der Waals surface area contributed by atoms with E-state index < -0.39 is 35.8 Å². The zero-order chi connectivity index (χ0) is 15.3. The molecule has 0 aromatic rings. The van der Waals surface area contributed by atoms with Gasteiger partial charge in [0.05, 0.1) is 0 Å². The molecule has 1 aliphatic heterocycles. The second-order valence-electron chi connectivity index (χ2n) is 4.60. The zero-order valence-corrected chi connectivity index (χ0v) is 11.5. The first-order chi connectivity index (χ1) is 9.38. The highest BCUT2D eigenvalue weighted by Crippen LogP contribution is 2.10. The molecule has 1 aliphatic rings. The first kappa shape index (κ1) is 15.9. The van der Waals surface area contributed by atoms with E-state index in [4.69, 9.17) is 5.11 Å². The molecular formula is C13H18N2O5. The Balaban J connectivity index is 2.66. The highest BCUT2D eigenvalue weighted by atomic mass is 16.4. The van der Waals surface area contributed by atoms with Gasteiger partial charge in [-0.2, -0.15) is 0 Å². The Labute approximate surface area is 116 Å². The van der Waals surface area contributed by atoms with Crippen LogP contribution >= 0.6 is 0 Å². The third-order valence-corrected chi connectivity index (χ3v) is 3.07. The summed E-state index contributed by atoms with van der Waals surface area (Å²) in [5, 5.41) is 11.4. The number of carbonyl (C=O) groups excluding carboxylic acids is 3. The Morgan fingerprint density at radius 2 is 1.85 bits per heavy atom. The molecule has 0 radical (unpaired) electrons. The summed E-state index contributed by atoms with van der Waals surface area (Å²) in [5.74, 6) is -2.92. The molecule has 0 spiro atoms. The van der Waals surface area contributed by atoms with Crippen LogP contribution in [0, 0.1) is 0 Å². The summed E-state index contributed by atoms with van der Waals surface area (Å²) < 4.78 is 0. The summed E-state index contributed by atoms with van der Waals surface area (Å²) in [6.07, 6.45) is 3.94. The maximum Gasteiger partial charge on any atom is 0.326 e. The number of unbranched alkanes of at least 4 members (excludes halogenated alkanes) is 1. The minimum Gasteiger partial charge on any atom is -0.480 e. The molecule has 1 heterocycles. The minimum absolute atomic E-state index is 0.310. The fraction of sp³-hybridized carbons (Fsp3) is 0.538. The number of amides is 3. The number of carboxylic acid groups (broad SMARTS) is 1. The van der Waals surface area contributed by atoms with E-state index in [1.54, 1.807) is 0 Å². The van der Waals surface area contributed by atoms with Crippen molar-refractivity contribution in [2.24, 2.45) is 0 Å². The van der Waals surface area contributed by atoms with E-state index >= 15 is 0 Å². The van der Waals surface area contributed by atoms with Crippen molar-refractivity contribution in [2.45, 2.75) is 45.2 Å². The van der Waals surface area contributed by atoms with E-state index in [-0.39, 0.29) is 0 Å². The first-order valence-electron chi connectivity index (χ1n) is 6.46. The Bertz CT molecular complexity index is 440. The summed E-state index contributed by atoms with van der Waals surface area (Å²) in [6, 6.07) is -2.04. The molecular weight excluding hydrogens is 264 g/mol. The van der Waals surface area contributed by atoms with Gasteiger partial charge in [-0.15, -0.1) is 0 Å². The lowest BCUT2D eigenvalue weighted by atomic mass is 10.1. The molecule has 7 nitrogen and oxygen atoms in total. The van der Waals surface area contributed by atoms with Gasteiger partial charge in [-0.05, 0) is 13.3 Å². The number of imide groups is 1. The predicted octanol–water partition coefficient (Wildman–Crippen LogP) is 0.0595. The Morgan fingerprint density at radius 3 is 2.30 bits per heavy atom. The van der Waals surface area contributed by atoms with Crippen LogP contribution in [0.25, 0.3) is 0 Å². The van der Waals surface area contributed by atoms with E-state index in [0.717, 1.165) is 23.5 Å². The maximum atomic E-state index is 12.0. The predicted molar refractivity (Wildman–Crippen MR) is 69.5 cm³/mol. The van der Waals surface area contributed by atoms with Gasteiger partial charge in [-0.1, -0.05) is 19.8 Å². The zero-order valence-electron chi connectivity index (χ0n) is 11.5. The van der Waals surface area contributed by atoms with Crippen LogP contribution in [0.15, 0.2) is 12.2 Å². The monoisotopic (exact) mass is 282 g/mol. The molecule has 7 heteroatoms. The van der Waals surface area contributed by atoms with Gasteiger partial charge in [-0.25, -0.2) is 4.79 Å². The standard InChI is InChI=1S/C13H18N2O5/c1-3-4-5-9(13(19)20)14-12(18)8(2)15-10(16)6-7-11(15)17/h6-9H,3-5H2,1-2H3,(H,14,18)(H,19,20). The Kier molecular flexibility index (Phi) is 5.42. The molecule has 0 fully saturated rings. The number of rotatable bonds is 7. The van der Waals surface area contributed by atoms with Crippen LogP contribution in [0.1, 0.15) is 33.1 Å². The van der Waals surface area contributed by atoms with Gasteiger partial charge < -0.3 is 10.4 Å². The SMILES string of the molecule is CCCCC(NC(=O)C(C)N1C(=O)C=CC1=O)C(=O)O. The highest BCUT2D eigenvalue weighted by Gasteiger charge is 2.34. The summed E-state index contributed by atoms with van der Waals surface area (Å²) in [6.45, 7) is 3.30. The molecule has 0 aromatic carbocycles. The number of nitrogens with zero attached hydrogens (tertiary/aromatic N) is 1. The molecule has 2 N–H and O–H groups in total. The van der Waals surface area contributed by atoms with Crippen LogP contribution < -0.4 is 5.32 Å². The number of nitrogens with one attached hydrogen (secondary N) is 1. The van der Waals surface area contributed by atoms with Crippen LogP contribution in [0.5, 0.6) is 0 Å². The molecule has 1 rings (SSSR count). The number of hydrogen-bond acceptors (Lipinski definition) is 4. The van der Waals surface area contributed by atoms with Crippen LogP contribution in [-0.4, -0.2) is 45.8 Å². The van der Waals surface area contributed by atoms with Gasteiger partial charge in [0.2, 0.25) is 5.91 Å². The van der Waals surface area contributed by atoms with Crippen LogP contribution in [-0.2, 0) is 19.2 Å². The van der Waals surface area contributed by atoms with Gasteiger partial charge in [-0.3, -0.25) is 19.3 Å². The lowest BCUT2D eigenvalue weighted by molar-refractivity contribution is -0.146. The van der Waals surface area contributed by atoms with Crippen molar-refractivity contribution in [1.29, 1.82) is 0 Å². The molecule has 0 saturated heterocycles. The summed E-state index contributed by atoms with van der Waals surface area (Å²) in [7, 11) is 0. The lowest BCUT2D eigenvalue weighted by Crippen LogP contribution is -2.52. The molecule has 110 valence electrons. The quantitative estimate of drug-likeness (QED) is 0.643. The number of carbonyl (C=O) groups is 4. The number of carboxylic acids is 1. The van der Waals surface area contributed by atoms with Crippen LogP contribution in [0.2, 0.25) is 0 Å².